The van der Waals surface area contributed by atoms with Crippen LogP contribution in [0.25, 0.3) is 89.8 Å². The molecule has 1 heterocycles. The molecule has 0 N–H and O–H groups in total. The predicted octanol–water partition coefficient (Wildman–Crippen LogP) is 14.9. The zero-order valence-electron chi connectivity index (χ0n) is 35.5. The molecule has 0 saturated heterocycles. The third-order valence-electron chi connectivity index (χ3n) is 14.2. The van der Waals surface area contributed by atoms with Gasteiger partial charge in [-0.1, -0.05) is 220 Å². The van der Waals surface area contributed by atoms with Crippen molar-refractivity contribution in [3.63, 3.8) is 0 Å². The van der Waals surface area contributed by atoms with Crippen LogP contribution in [0.15, 0.2) is 212 Å². The van der Waals surface area contributed by atoms with E-state index in [1.165, 1.54) is 83.5 Å². The van der Waals surface area contributed by atoms with Gasteiger partial charge in [0, 0.05) is 22.1 Å². The highest BCUT2D eigenvalue weighted by Gasteiger charge is 2.51. The lowest BCUT2D eigenvalue weighted by atomic mass is 9.70. The molecule has 1 spiro atoms. The molecule has 3 heteroatoms. The Balaban J connectivity index is 1.01. The molecule has 0 fully saturated rings. The number of rotatable bonds is 5. The lowest BCUT2D eigenvalue weighted by molar-refractivity contribution is 0.660. The van der Waals surface area contributed by atoms with E-state index in [9.17, 15) is 0 Å². The van der Waals surface area contributed by atoms with Gasteiger partial charge in [-0.15, -0.1) is 0 Å². The highest BCUT2D eigenvalue weighted by molar-refractivity contribution is 6.02. The molecule has 0 saturated carbocycles. The van der Waals surface area contributed by atoms with Gasteiger partial charge in [0.1, 0.15) is 0 Å². The number of hydrogen-bond donors (Lipinski definition) is 0. The second-order valence-corrected chi connectivity index (χ2v) is 17.8. The number of fused-ring (bicyclic) bond motifs is 13. The quantitative estimate of drug-likeness (QED) is 0.174. The summed E-state index contributed by atoms with van der Waals surface area (Å²) in [7, 11) is 0. The standard InChI is InChI=1S/C61H41N3/c1-60(2)49-25-13-12-24-47(49)56-54(60)36-34-43(38-29-31-41(32-30-38)59-63-57(39-17-5-3-6-18-39)62-58(64-59)40-19-7-4-8-20-40)55(56)42-33-35-53-48(37-42)46-23-11-16-28-52(46)61(53)50-26-14-9-21-44(50)45-22-10-15-27-51(45)61/h3-37H,1-2H3. The fraction of sp³-hybridized carbons (Fsp3) is 0.0656. The van der Waals surface area contributed by atoms with Crippen LogP contribution in [0, 0.1) is 0 Å². The SMILES string of the molecule is CC1(C)c2ccccc2-c2c1ccc(-c1ccc(-c3nc(-c4ccccc4)nc(-c4ccccc4)n3)cc1)c2-c1ccc2c(c1)-c1ccccc1C21c2ccccc2-c2ccccc21. The van der Waals surface area contributed by atoms with Crippen molar-refractivity contribution in [1.82, 2.24) is 15.0 Å². The monoisotopic (exact) mass is 815 g/mol. The van der Waals surface area contributed by atoms with Gasteiger partial charge in [0.2, 0.25) is 0 Å². The number of hydrogen-bond acceptors (Lipinski definition) is 3. The van der Waals surface area contributed by atoms with Gasteiger partial charge in [0.15, 0.2) is 17.5 Å². The summed E-state index contributed by atoms with van der Waals surface area (Å²) >= 11 is 0. The van der Waals surface area contributed by atoms with Crippen LogP contribution in [0.4, 0.5) is 0 Å². The van der Waals surface area contributed by atoms with Crippen molar-refractivity contribution >= 4 is 0 Å². The van der Waals surface area contributed by atoms with Crippen LogP contribution in [0.2, 0.25) is 0 Å². The zero-order chi connectivity index (χ0) is 42.6. The van der Waals surface area contributed by atoms with E-state index in [1.807, 2.05) is 36.4 Å². The molecule has 64 heavy (non-hydrogen) atoms. The second-order valence-electron chi connectivity index (χ2n) is 17.8. The summed E-state index contributed by atoms with van der Waals surface area (Å²) in [4.78, 5) is 15.0. The molecule has 0 aliphatic heterocycles. The Hall–Kier alpha value is -8.01. The topological polar surface area (TPSA) is 38.7 Å². The summed E-state index contributed by atoms with van der Waals surface area (Å²) in [5.41, 5.74) is 23.1. The maximum Gasteiger partial charge on any atom is 0.164 e. The Kier molecular flexibility index (Phi) is 7.87. The lowest BCUT2D eigenvalue weighted by Crippen LogP contribution is -2.25. The Morgan fingerprint density at radius 2 is 0.656 bits per heavy atom. The molecule has 0 atom stereocenters. The fourth-order valence-corrected chi connectivity index (χ4v) is 11.3. The summed E-state index contributed by atoms with van der Waals surface area (Å²) in [6.07, 6.45) is 0. The number of benzene rings is 9. The maximum atomic E-state index is 5.04. The molecule has 9 aromatic carbocycles. The second kappa shape index (κ2) is 13.7. The van der Waals surface area contributed by atoms with E-state index >= 15 is 0 Å². The van der Waals surface area contributed by atoms with Crippen molar-refractivity contribution in [1.29, 1.82) is 0 Å². The summed E-state index contributed by atoms with van der Waals surface area (Å²) in [6, 6.07) is 77.4. The maximum absolute atomic E-state index is 5.04. The van der Waals surface area contributed by atoms with Gasteiger partial charge in [-0.05, 0) is 95.1 Å². The first-order valence-electron chi connectivity index (χ1n) is 22.2. The van der Waals surface area contributed by atoms with Gasteiger partial charge in [-0.3, -0.25) is 0 Å². The molecule has 0 radical (unpaired) electrons. The first kappa shape index (κ1) is 36.6. The first-order chi connectivity index (χ1) is 31.5. The van der Waals surface area contributed by atoms with Crippen molar-refractivity contribution in [3.8, 4) is 89.8 Å². The Morgan fingerprint density at radius 3 is 1.20 bits per heavy atom. The van der Waals surface area contributed by atoms with Crippen molar-refractivity contribution in [2.24, 2.45) is 0 Å². The third kappa shape index (κ3) is 5.13. The molecule has 1 aromatic heterocycles. The van der Waals surface area contributed by atoms with Gasteiger partial charge < -0.3 is 0 Å². The van der Waals surface area contributed by atoms with Gasteiger partial charge in [0.05, 0.1) is 5.41 Å². The normalized spacial score (nSPS) is 14.0. The van der Waals surface area contributed by atoms with Gasteiger partial charge in [0.25, 0.3) is 0 Å². The average Bonchev–Trinajstić information content (AvgIpc) is 3.92. The summed E-state index contributed by atoms with van der Waals surface area (Å²) < 4.78 is 0. The molecular weight excluding hydrogens is 775 g/mol. The third-order valence-corrected chi connectivity index (χ3v) is 14.2. The van der Waals surface area contributed by atoms with Gasteiger partial charge in [-0.2, -0.15) is 0 Å². The molecule has 13 rings (SSSR count). The summed E-state index contributed by atoms with van der Waals surface area (Å²) in [5.74, 6) is 1.95. The molecular formula is C61H41N3. The van der Waals surface area contributed by atoms with Gasteiger partial charge in [-0.25, -0.2) is 15.0 Å². The minimum atomic E-state index is -0.390. The van der Waals surface area contributed by atoms with Crippen LogP contribution < -0.4 is 0 Å². The van der Waals surface area contributed by atoms with E-state index in [0.29, 0.717) is 17.5 Å². The number of nitrogens with zero attached hydrogens (tertiary/aromatic N) is 3. The summed E-state index contributed by atoms with van der Waals surface area (Å²) in [5, 5.41) is 0. The van der Waals surface area contributed by atoms with Gasteiger partial charge >= 0.3 is 0 Å². The Labute approximate surface area is 373 Å². The first-order valence-corrected chi connectivity index (χ1v) is 22.2. The molecule has 3 aliphatic rings. The predicted molar refractivity (Wildman–Crippen MR) is 261 cm³/mol. The van der Waals surface area contributed by atoms with Crippen LogP contribution in [-0.4, -0.2) is 15.0 Å². The molecule has 0 amide bonds. The van der Waals surface area contributed by atoms with Crippen LogP contribution in [0.5, 0.6) is 0 Å². The van der Waals surface area contributed by atoms with E-state index in [2.05, 4.69) is 190 Å². The van der Waals surface area contributed by atoms with Crippen LogP contribution in [0.3, 0.4) is 0 Å². The van der Waals surface area contributed by atoms with Crippen molar-refractivity contribution in [2.45, 2.75) is 24.7 Å². The van der Waals surface area contributed by atoms with E-state index in [0.717, 1.165) is 22.3 Å². The van der Waals surface area contributed by atoms with Crippen LogP contribution in [-0.2, 0) is 10.8 Å². The van der Waals surface area contributed by atoms with E-state index < -0.39 is 0 Å². The largest absolute Gasteiger partial charge is 0.208 e. The Morgan fingerprint density at radius 1 is 0.266 bits per heavy atom. The molecule has 0 unspecified atom stereocenters. The van der Waals surface area contributed by atoms with E-state index in [4.69, 9.17) is 15.0 Å². The van der Waals surface area contributed by atoms with Crippen molar-refractivity contribution in [3.05, 3.63) is 246 Å². The fourth-order valence-electron chi connectivity index (χ4n) is 11.3. The highest BCUT2D eigenvalue weighted by Crippen LogP contribution is 2.63. The molecule has 300 valence electrons. The molecule has 0 bridgehead atoms. The summed E-state index contributed by atoms with van der Waals surface area (Å²) in [6.45, 7) is 4.74. The van der Waals surface area contributed by atoms with E-state index in [-0.39, 0.29) is 10.8 Å². The minimum Gasteiger partial charge on any atom is -0.208 e. The molecule has 3 nitrogen and oxygen atoms in total. The lowest BCUT2D eigenvalue weighted by Gasteiger charge is -2.30. The van der Waals surface area contributed by atoms with Crippen molar-refractivity contribution in [2.75, 3.05) is 0 Å². The smallest absolute Gasteiger partial charge is 0.164 e. The molecule has 10 aromatic rings. The molecule has 3 aliphatic carbocycles. The number of aromatic nitrogens is 3. The minimum absolute atomic E-state index is 0.153. The van der Waals surface area contributed by atoms with Crippen LogP contribution in [0.1, 0.15) is 47.2 Å². The zero-order valence-corrected chi connectivity index (χ0v) is 35.5. The van der Waals surface area contributed by atoms with E-state index in [1.54, 1.807) is 0 Å². The van der Waals surface area contributed by atoms with Crippen molar-refractivity contribution < 1.29 is 0 Å². The highest BCUT2D eigenvalue weighted by atomic mass is 15.0. The Bertz CT molecular complexity index is 3410. The average molecular weight is 816 g/mol. The van der Waals surface area contributed by atoms with Crippen LogP contribution >= 0.6 is 0 Å².